The molecule has 1 aliphatic rings. The highest BCUT2D eigenvalue weighted by molar-refractivity contribution is 7.89. The van der Waals surface area contributed by atoms with E-state index in [0.29, 0.717) is 26.1 Å². The van der Waals surface area contributed by atoms with Crippen molar-refractivity contribution in [2.45, 2.75) is 23.3 Å². The molecule has 1 aromatic carbocycles. The average molecular weight is 329 g/mol. The fraction of sp³-hybridized carbons (Fsp3) is 0.500. The lowest BCUT2D eigenvalue weighted by Crippen LogP contribution is -2.46. The number of hydrogen-bond donors (Lipinski definition) is 2. The molecule has 0 aromatic heterocycles. The molecule has 1 aromatic rings. The molecular weight excluding hydrogens is 310 g/mol. The van der Waals surface area contributed by atoms with Crippen LogP contribution in [0.3, 0.4) is 0 Å². The molecule has 0 saturated carbocycles. The van der Waals surface area contributed by atoms with Crippen LogP contribution in [0.15, 0.2) is 29.2 Å². The summed E-state index contributed by atoms with van der Waals surface area (Å²) in [6, 6.07) is 5.40. The Kier molecular flexibility index (Phi) is 5.17. The molecule has 0 unspecified atom stereocenters. The number of hydrogen-bond acceptors (Lipinski definition) is 6. The molecule has 1 saturated heterocycles. The van der Waals surface area contributed by atoms with Crippen molar-refractivity contribution in [3.05, 3.63) is 29.8 Å². The smallest absolute Gasteiger partial charge is 0.337 e. The minimum Gasteiger partial charge on any atom is -0.465 e. The molecule has 2 rings (SSSR count). The van der Waals surface area contributed by atoms with Crippen molar-refractivity contribution in [2.75, 3.05) is 26.9 Å². The molecule has 2 N–H and O–H groups in total. The van der Waals surface area contributed by atoms with Gasteiger partial charge >= 0.3 is 5.97 Å². The topological polar surface area (TPSA) is 102 Å². The Bertz CT molecular complexity index is 619. The third kappa shape index (κ3) is 4.04. The van der Waals surface area contributed by atoms with E-state index in [0.717, 1.165) is 0 Å². The van der Waals surface area contributed by atoms with E-state index in [2.05, 4.69) is 9.46 Å². The quantitative estimate of drug-likeness (QED) is 0.753. The SMILES string of the molecule is COC(=O)c1ccc(S(=O)(=O)NCC2(O)CCOCC2)cc1. The molecule has 1 fully saturated rings. The van der Waals surface area contributed by atoms with Crippen molar-refractivity contribution in [3.8, 4) is 0 Å². The molecule has 0 spiro atoms. The summed E-state index contributed by atoms with van der Waals surface area (Å²) in [5.41, 5.74) is -0.818. The number of rotatable bonds is 5. The number of sulfonamides is 1. The van der Waals surface area contributed by atoms with Crippen LogP contribution in [-0.4, -0.2) is 52.0 Å². The normalized spacial score (nSPS) is 17.9. The molecule has 0 bridgehead atoms. The van der Waals surface area contributed by atoms with E-state index in [1.54, 1.807) is 0 Å². The van der Waals surface area contributed by atoms with Gasteiger partial charge in [0.1, 0.15) is 0 Å². The third-order valence-electron chi connectivity index (χ3n) is 3.60. The molecule has 7 nitrogen and oxygen atoms in total. The first-order chi connectivity index (χ1) is 10.4. The van der Waals surface area contributed by atoms with Crippen LogP contribution in [-0.2, 0) is 19.5 Å². The van der Waals surface area contributed by atoms with Gasteiger partial charge in [0.15, 0.2) is 0 Å². The first-order valence-corrected chi connectivity index (χ1v) is 8.33. The minimum atomic E-state index is -3.75. The zero-order valence-corrected chi connectivity index (χ0v) is 13.1. The van der Waals surface area contributed by atoms with Gasteiger partial charge in [0.2, 0.25) is 10.0 Å². The molecule has 22 heavy (non-hydrogen) atoms. The van der Waals surface area contributed by atoms with Crippen LogP contribution in [0.1, 0.15) is 23.2 Å². The predicted octanol–water partition coefficient (Wildman–Crippen LogP) is 0.293. The number of carbonyl (C=O) groups is 1. The highest BCUT2D eigenvalue weighted by Crippen LogP contribution is 2.20. The minimum absolute atomic E-state index is 0.0239. The second kappa shape index (κ2) is 6.74. The Morgan fingerprint density at radius 2 is 1.91 bits per heavy atom. The first kappa shape index (κ1) is 16.9. The number of ether oxygens (including phenoxy) is 2. The highest BCUT2D eigenvalue weighted by atomic mass is 32.2. The Labute approximate surface area is 129 Å². The van der Waals surface area contributed by atoms with E-state index in [1.807, 2.05) is 0 Å². The Morgan fingerprint density at radius 3 is 2.45 bits per heavy atom. The van der Waals surface area contributed by atoms with Crippen molar-refractivity contribution in [1.82, 2.24) is 4.72 Å². The fourth-order valence-corrected chi connectivity index (χ4v) is 3.25. The number of esters is 1. The molecule has 122 valence electrons. The van der Waals surface area contributed by atoms with E-state index in [1.165, 1.54) is 31.4 Å². The second-order valence-electron chi connectivity index (χ2n) is 5.18. The van der Waals surface area contributed by atoms with Crippen LogP contribution in [0.2, 0.25) is 0 Å². The first-order valence-electron chi connectivity index (χ1n) is 6.84. The van der Waals surface area contributed by atoms with E-state index in [4.69, 9.17) is 4.74 Å². The zero-order chi connectivity index (χ0) is 16.2. The fourth-order valence-electron chi connectivity index (χ4n) is 2.13. The molecule has 1 heterocycles. The molecule has 1 aliphatic heterocycles. The van der Waals surface area contributed by atoms with Crippen LogP contribution in [0.25, 0.3) is 0 Å². The van der Waals surface area contributed by atoms with Crippen LogP contribution < -0.4 is 4.72 Å². The summed E-state index contributed by atoms with van der Waals surface area (Å²) < 4.78 is 36.5. The maximum Gasteiger partial charge on any atom is 0.337 e. The van der Waals surface area contributed by atoms with Crippen LogP contribution in [0.5, 0.6) is 0 Å². The van der Waals surface area contributed by atoms with Crippen molar-refractivity contribution >= 4 is 16.0 Å². The second-order valence-corrected chi connectivity index (χ2v) is 6.94. The monoisotopic (exact) mass is 329 g/mol. The standard InChI is InChI=1S/C14H19NO6S/c1-20-13(16)11-2-4-12(5-3-11)22(18,19)15-10-14(17)6-8-21-9-7-14/h2-5,15,17H,6-10H2,1H3. The molecule has 0 radical (unpaired) electrons. The van der Waals surface area contributed by atoms with Gasteiger partial charge in [0.25, 0.3) is 0 Å². The van der Waals surface area contributed by atoms with Crippen LogP contribution >= 0.6 is 0 Å². The summed E-state index contributed by atoms with van der Waals surface area (Å²) >= 11 is 0. The maximum absolute atomic E-state index is 12.2. The van der Waals surface area contributed by atoms with E-state index >= 15 is 0 Å². The number of carbonyl (C=O) groups excluding carboxylic acids is 1. The third-order valence-corrected chi connectivity index (χ3v) is 5.02. The Morgan fingerprint density at radius 1 is 1.32 bits per heavy atom. The summed E-state index contributed by atoms with van der Waals surface area (Å²) in [4.78, 5) is 11.3. The van der Waals surface area contributed by atoms with Crippen LogP contribution in [0.4, 0.5) is 0 Å². The molecule has 0 amide bonds. The number of methoxy groups -OCH3 is 1. The van der Waals surface area contributed by atoms with E-state index in [9.17, 15) is 18.3 Å². The lowest BCUT2D eigenvalue weighted by atomic mass is 9.95. The lowest BCUT2D eigenvalue weighted by molar-refractivity contribution is -0.0588. The molecular formula is C14H19NO6S. The number of aliphatic hydroxyl groups is 1. The zero-order valence-electron chi connectivity index (χ0n) is 12.2. The molecule has 8 heteroatoms. The predicted molar refractivity (Wildman–Crippen MR) is 78.0 cm³/mol. The van der Waals surface area contributed by atoms with Gasteiger partial charge in [-0.25, -0.2) is 17.9 Å². The van der Waals surface area contributed by atoms with Gasteiger partial charge in [0.05, 0.1) is 23.2 Å². The summed E-state index contributed by atoms with van der Waals surface area (Å²) in [5, 5.41) is 10.3. The van der Waals surface area contributed by atoms with Gasteiger partial charge in [-0.1, -0.05) is 0 Å². The summed E-state index contributed by atoms with van der Waals surface area (Å²) in [5.74, 6) is -0.534. The molecule has 0 atom stereocenters. The Hall–Kier alpha value is -1.48. The summed E-state index contributed by atoms with van der Waals surface area (Å²) in [6.45, 7) is 0.746. The van der Waals surface area contributed by atoms with Gasteiger partial charge in [-0.05, 0) is 24.3 Å². The van der Waals surface area contributed by atoms with Crippen molar-refractivity contribution in [2.24, 2.45) is 0 Å². The van der Waals surface area contributed by atoms with Gasteiger partial charge < -0.3 is 14.6 Å². The van der Waals surface area contributed by atoms with E-state index in [-0.39, 0.29) is 17.0 Å². The van der Waals surface area contributed by atoms with Crippen LogP contribution in [0, 0.1) is 0 Å². The summed E-state index contributed by atoms with van der Waals surface area (Å²) in [6.07, 6.45) is 0.771. The maximum atomic E-state index is 12.2. The molecule has 0 aliphatic carbocycles. The van der Waals surface area contributed by atoms with Crippen molar-refractivity contribution in [3.63, 3.8) is 0 Å². The highest BCUT2D eigenvalue weighted by Gasteiger charge is 2.31. The van der Waals surface area contributed by atoms with E-state index < -0.39 is 21.6 Å². The van der Waals surface area contributed by atoms with Gasteiger partial charge in [-0.15, -0.1) is 0 Å². The van der Waals surface area contributed by atoms with Gasteiger partial charge in [0, 0.05) is 32.6 Å². The summed E-state index contributed by atoms with van der Waals surface area (Å²) in [7, 11) is -2.50. The average Bonchev–Trinajstić information content (AvgIpc) is 2.53. The van der Waals surface area contributed by atoms with Gasteiger partial charge in [-0.3, -0.25) is 0 Å². The van der Waals surface area contributed by atoms with Crippen molar-refractivity contribution < 1.29 is 27.8 Å². The largest absolute Gasteiger partial charge is 0.465 e. The van der Waals surface area contributed by atoms with Crippen molar-refractivity contribution in [1.29, 1.82) is 0 Å². The van der Waals surface area contributed by atoms with Gasteiger partial charge in [-0.2, -0.15) is 0 Å². The lowest BCUT2D eigenvalue weighted by Gasteiger charge is -2.31. The Balaban J connectivity index is 2.05. The number of nitrogens with one attached hydrogen (secondary N) is 1. The number of benzene rings is 1.